The van der Waals surface area contributed by atoms with Crippen molar-refractivity contribution in [3.8, 4) is 5.75 Å². The molecule has 0 radical (unpaired) electrons. The summed E-state index contributed by atoms with van der Waals surface area (Å²) in [4.78, 5) is 11.7. The maximum absolute atomic E-state index is 14.3. The number of fused-ring (bicyclic) bond motifs is 1. The second-order valence-corrected chi connectivity index (χ2v) is 13.8. The largest absolute Gasteiger partial charge is 0.530 e. The zero-order chi connectivity index (χ0) is 24.2. The normalized spacial score (nSPS) is 20.2. The maximum atomic E-state index is 14.3. The van der Waals surface area contributed by atoms with Crippen molar-refractivity contribution in [3.63, 3.8) is 0 Å². The van der Waals surface area contributed by atoms with Crippen LogP contribution in [0.25, 0.3) is 0 Å². The lowest BCUT2D eigenvalue weighted by molar-refractivity contribution is -0.251. The van der Waals surface area contributed by atoms with Gasteiger partial charge in [-0.15, -0.1) is 4.08 Å². The van der Waals surface area contributed by atoms with E-state index in [-0.39, 0.29) is 6.04 Å². The van der Waals surface area contributed by atoms with Crippen LogP contribution in [0.15, 0.2) is 18.2 Å². The molecule has 2 atom stereocenters. The SMILES string of the molecule is CCOP(=S)(OCC)N(C1CCCCC1)S(=O)C(NC(=O)[O-])c1cccc2c1OC(C)(C)C2. The summed E-state index contributed by atoms with van der Waals surface area (Å²) in [6.45, 7) is 5.02. The van der Waals surface area contributed by atoms with Gasteiger partial charge in [-0.2, -0.15) is 0 Å². The molecule has 2 aliphatic rings. The second-order valence-electron chi connectivity index (χ2n) is 8.86. The lowest BCUT2D eigenvalue weighted by atomic mass is 9.96. The fourth-order valence-corrected chi connectivity index (χ4v) is 10.4. The Balaban J connectivity index is 2.09. The lowest BCUT2D eigenvalue weighted by Crippen LogP contribution is -2.46. The minimum Gasteiger partial charge on any atom is -0.530 e. The first kappa shape index (κ1) is 26.6. The summed E-state index contributed by atoms with van der Waals surface area (Å²) in [5.74, 6) is 0.555. The highest BCUT2D eigenvalue weighted by molar-refractivity contribution is 8.12. The summed E-state index contributed by atoms with van der Waals surface area (Å²) >= 11 is 5.87. The molecule has 186 valence electrons. The van der Waals surface area contributed by atoms with E-state index >= 15 is 0 Å². The van der Waals surface area contributed by atoms with Crippen LogP contribution in [0, 0.1) is 0 Å². The molecule has 1 amide bonds. The van der Waals surface area contributed by atoms with Crippen LogP contribution in [0.1, 0.15) is 76.3 Å². The highest BCUT2D eigenvalue weighted by Gasteiger charge is 2.44. The number of hydrogen-bond donors (Lipinski definition) is 1. The lowest BCUT2D eigenvalue weighted by Gasteiger charge is -2.41. The molecular formula is C22H34N2O6PS2-. The molecule has 8 nitrogen and oxygen atoms in total. The van der Waals surface area contributed by atoms with Gasteiger partial charge < -0.3 is 29.0 Å². The number of carboxylic acid groups (broad SMARTS) is 1. The van der Waals surface area contributed by atoms with E-state index in [1.807, 2.05) is 39.8 Å². The molecule has 3 rings (SSSR count). The number of ether oxygens (including phenoxy) is 1. The Hall–Kier alpha value is -1.03. The molecule has 33 heavy (non-hydrogen) atoms. The molecule has 0 saturated heterocycles. The number of nitrogens with one attached hydrogen (secondary N) is 1. The predicted octanol–water partition coefficient (Wildman–Crippen LogP) is 3.93. The van der Waals surface area contributed by atoms with Crippen LogP contribution in [-0.4, -0.2) is 39.2 Å². The fourth-order valence-electron chi connectivity index (χ4n) is 4.52. The van der Waals surface area contributed by atoms with Crippen molar-refractivity contribution < 1.29 is 27.9 Å². The maximum Gasteiger partial charge on any atom is 0.276 e. The van der Waals surface area contributed by atoms with Gasteiger partial charge >= 0.3 is 0 Å². The van der Waals surface area contributed by atoms with Gasteiger partial charge in [0, 0.05) is 18.0 Å². The fraction of sp³-hybridized carbons (Fsp3) is 0.682. The molecular weight excluding hydrogens is 483 g/mol. The van der Waals surface area contributed by atoms with Gasteiger partial charge in [-0.25, -0.2) is 4.21 Å². The molecule has 0 bridgehead atoms. The van der Waals surface area contributed by atoms with Crippen molar-refractivity contribution in [2.45, 2.75) is 83.2 Å². The predicted molar refractivity (Wildman–Crippen MR) is 131 cm³/mol. The number of para-hydroxylation sites is 1. The van der Waals surface area contributed by atoms with Crippen molar-refractivity contribution >= 4 is 35.5 Å². The van der Waals surface area contributed by atoms with Crippen molar-refractivity contribution in [2.24, 2.45) is 0 Å². The molecule has 1 heterocycles. The summed E-state index contributed by atoms with van der Waals surface area (Å²) < 4.78 is 33.9. The molecule has 0 aromatic heterocycles. The Morgan fingerprint density at radius 1 is 1.30 bits per heavy atom. The van der Waals surface area contributed by atoms with Crippen LogP contribution in [0.2, 0.25) is 0 Å². The van der Waals surface area contributed by atoms with Gasteiger partial charge in [0.1, 0.15) is 33.8 Å². The smallest absolute Gasteiger partial charge is 0.276 e. The van der Waals surface area contributed by atoms with Crippen LogP contribution < -0.4 is 15.2 Å². The number of carbonyl (C=O) groups is 1. The summed E-state index contributed by atoms with van der Waals surface area (Å²) in [6.07, 6.45) is 3.78. The average Bonchev–Trinajstić information content (AvgIpc) is 3.07. The van der Waals surface area contributed by atoms with Gasteiger partial charge in [0.2, 0.25) is 0 Å². The van der Waals surface area contributed by atoms with Crippen molar-refractivity contribution in [1.29, 1.82) is 0 Å². The third-order valence-corrected chi connectivity index (χ3v) is 11.8. The minimum atomic E-state index is -3.14. The Labute approximate surface area is 204 Å². The van der Waals surface area contributed by atoms with Crippen LogP contribution in [0.5, 0.6) is 5.75 Å². The van der Waals surface area contributed by atoms with Crippen LogP contribution in [-0.2, 0) is 38.3 Å². The first-order valence-electron chi connectivity index (χ1n) is 11.5. The van der Waals surface area contributed by atoms with E-state index in [2.05, 4.69) is 5.32 Å². The van der Waals surface area contributed by atoms with E-state index in [1.165, 1.54) is 0 Å². The van der Waals surface area contributed by atoms with Crippen molar-refractivity contribution in [1.82, 2.24) is 9.39 Å². The van der Waals surface area contributed by atoms with Crippen molar-refractivity contribution in [3.05, 3.63) is 29.3 Å². The Morgan fingerprint density at radius 2 is 1.94 bits per heavy atom. The van der Waals surface area contributed by atoms with Gasteiger partial charge in [0.15, 0.2) is 0 Å². The Morgan fingerprint density at radius 3 is 2.52 bits per heavy atom. The van der Waals surface area contributed by atoms with Crippen LogP contribution in [0.4, 0.5) is 4.79 Å². The van der Waals surface area contributed by atoms with E-state index in [9.17, 15) is 14.1 Å². The van der Waals surface area contributed by atoms with Gasteiger partial charge in [-0.3, -0.25) is 0 Å². The zero-order valence-corrected chi connectivity index (χ0v) is 22.2. The summed E-state index contributed by atoms with van der Waals surface area (Å²) in [5, 5.41) is 13.0. The van der Waals surface area contributed by atoms with E-state index in [0.717, 1.165) is 37.7 Å². The van der Waals surface area contributed by atoms with Gasteiger partial charge in [-0.1, -0.05) is 37.5 Å². The molecule has 0 spiro atoms. The molecule has 1 fully saturated rings. The number of rotatable bonds is 10. The van der Waals surface area contributed by atoms with E-state index in [4.69, 9.17) is 25.6 Å². The Bertz CT molecular complexity index is 912. The summed E-state index contributed by atoms with van der Waals surface area (Å²) in [5.41, 5.74) is 0.995. The van der Waals surface area contributed by atoms with Crippen LogP contribution >= 0.6 is 6.64 Å². The highest BCUT2D eigenvalue weighted by Crippen LogP contribution is 2.57. The third kappa shape index (κ3) is 6.16. The quantitative estimate of drug-likeness (QED) is 0.470. The average molecular weight is 518 g/mol. The number of hydrogen-bond acceptors (Lipinski definition) is 7. The minimum absolute atomic E-state index is 0.135. The van der Waals surface area contributed by atoms with E-state index in [0.29, 0.717) is 30.9 Å². The summed E-state index contributed by atoms with van der Waals surface area (Å²) in [7, 11) is -1.94. The topological polar surface area (TPSA) is 100 Å². The molecule has 1 saturated carbocycles. The molecule has 2 unspecified atom stereocenters. The highest BCUT2D eigenvalue weighted by atomic mass is 32.5. The first-order valence-corrected chi connectivity index (χ1v) is 15.3. The second kappa shape index (κ2) is 11.1. The molecule has 1 aliphatic heterocycles. The first-order chi connectivity index (χ1) is 15.6. The van der Waals surface area contributed by atoms with Crippen LogP contribution in [0.3, 0.4) is 0 Å². The molecule has 1 aliphatic carbocycles. The molecule has 1 aromatic rings. The number of benzene rings is 1. The zero-order valence-electron chi connectivity index (χ0n) is 19.7. The monoisotopic (exact) mass is 517 g/mol. The summed E-state index contributed by atoms with van der Waals surface area (Å²) in [6, 6.07) is 5.37. The Kier molecular flexibility index (Phi) is 8.97. The number of nitrogens with zero attached hydrogens (tertiary/aromatic N) is 1. The molecule has 1 N–H and O–H groups in total. The third-order valence-electron chi connectivity index (χ3n) is 5.75. The van der Waals surface area contributed by atoms with Crippen molar-refractivity contribution in [2.75, 3.05) is 13.2 Å². The van der Waals surface area contributed by atoms with Gasteiger partial charge in [-0.05, 0) is 57.9 Å². The standard InChI is InChI=1S/C22H35N2O6PS2/c1-5-28-31(32,29-6-2)24(17-12-8-7-9-13-17)33(27)20(23-21(25)26)18-14-10-11-16-15-22(3,4)30-19(16)18/h10-11,14,17,20,23H,5-9,12-13,15H2,1-4H3,(H,25,26)/p-1. The van der Waals surface area contributed by atoms with E-state index in [1.54, 1.807) is 10.1 Å². The molecule has 11 heteroatoms. The van der Waals surface area contributed by atoms with Gasteiger partial charge in [0.25, 0.3) is 6.64 Å². The number of amides is 1. The van der Waals surface area contributed by atoms with E-state index < -0.39 is 34.7 Å². The molecule has 1 aromatic carbocycles. The number of carbonyl (C=O) groups excluding carboxylic acids is 1. The van der Waals surface area contributed by atoms with Gasteiger partial charge in [0.05, 0.1) is 13.2 Å².